The number of hydrogen-bond donors (Lipinski definition) is 2. The van der Waals surface area contributed by atoms with E-state index in [4.69, 9.17) is 32.9 Å². The molecular formula is C6H4Cl2O4S. The van der Waals surface area contributed by atoms with Gasteiger partial charge < -0.3 is 5.11 Å². The first-order valence-corrected chi connectivity index (χ1v) is 5.17. The fourth-order valence-corrected chi connectivity index (χ4v) is 1.96. The second kappa shape index (κ2) is 3.34. The van der Waals surface area contributed by atoms with Crippen LogP contribution in [0, 0.1) is 0 Å². The van der Waals surface area contributed by atoms with E-state index in [1.807, 2.05) is 0 Å². The van der Waals surface area contributed by atoms with Gasteiger partial charge in [-0.1, -0.05) is 23.2 Å². The number of halogens is 2. The average molecular weight is 243 g/mol. The van der Waals surface area contributed by atoms with Gasteiger partial charge >= 0.3 is 0 Å². The summed E-state index contributed by atoms with van der Waals surface area (Å²) in [6, 6.07) is 1.81. The van der Waals surface area contributed by atoms with Gasteiger partial charge in [-0.15, -0.1) is 0 Å². The highest BCUT2D eigenvalue weighted by atomic mass is 35.5. The van der Waals surface area contributed by atoms with Crippen LogP contribution < -0.4 is 0 Å². The van der Waals surface area contributed by atoms with Gasteiger partial charge in [0.05, 0.1) is 10.0 Å². The first kappa shape index (κ1) is 10.6. The van der Waals surface area contributed by atoms with Crippen LogP contribution in [-0.4, -0.2) is 18.1 Å². The van der Waals surface area contributed by atoms with Crippen molar-refractivity contribution in [2.45, 2.75) is 4.90 Å². The fourth-order valence-electron chi connectivity index (χ4n) is 0.716. The summed E-state index contributed by atoms with van der Waals surface area (Å²) in [6.07, 6.45) is 0. The standard InChI is InChI=1S/C6H4Cl2O4S/c7-3-1-4(8)6(2-5(3)9)13(10,11)12/h1-2,9H,(H,10,11,12). The molecule has 0 amide bonds. The third-order valence-corrected chi connectivity index (χ3v) is 2.90. The van der Waals surface area contributed by atoms with Gasteiger partial charge in [-0.2, -0.15) is 8.42 Å². The van der Waals surface area contributed by atoms with Crippen LogP contribution >= 0.6 is 23.2 Å². The monoisotopic (exact) mass is 242 g/mol. The fraction of sp³-hybridized carbons (Fsp3) is 0. The van der Waals surface area contributed by atoms with Crippen LogP contribution in [0.25, 0.3) is 0 Å². The van der Waals surface area contributed by atoms with Crippen molar-refractivity contribution in [2.24, 2.45) is 0 Å². The Morgan fingerprint density at radius 1 is 1.15 bits per heavy atom. The molecule has 0 heterocycles. The van der Waals surface area contributed by atoms with Crippen molar-refractivity contribution in [1.29, 1.82) is 0 Å². The molecule has 1 rings (SSSR count). The van der Waals surface area contributed by atoms with Crippen LogP contribution in [0.5, 0.6) is 5.75 Å². The molecule has 0 fully saturated rings. The van der Waals surface area contributed by atoms with Crippen molar-refractivity contribution < 1.29 is 18.1 Å². The summed E-state index contributed by atoms with van der Waals surface area (Å²) in [5, 5.41) is 8.69. The zero-order chi connectivity index (χ0) is 10.2. The number of phenols is 1. The molecule has 4 nitrogen and oxygen atoms in total. The molecule has 0 saturated carbocycles. The van der Waals surface area contributed by atoms with Gasteiger partial charge in [-0.05, 0) is 6.07 Å². The maximum Gasteiger partial charge on any atom is 0.296 e. The van der Waals surface area contributed by atoms with Crippen LogP contribution in [0.15, 0.2) is 17.0 Å². The molecule has 13 heavy (non-hydrogen) atoms. The summed E-state index contributed by atoms with van der Waals surface area (Å²) < 4.78 is 29.9. The molecular weight excluding hydrogens is 239 g/mol. The van der Waals surface area contributed by atoms with Crippen molar-refractivity contribution in [1.82, 2.24) is 0 Å². The lowest BCUT2D eigenvalue weighted by molar-refractivity contribution is 0.466. The topological polar surface area (TPSA) is 74.6 Å². The summed E-state index contributed by atoms with van der Waals surface area (Å²) in [4.78, 5) is -0.573. The quantitative estimate of drug-likeness (QED) is 0.739. The Morgan fingerprint density at radius 2 is 1.69 bits per heavy atom. The summed E-state index contributed by atoms with van der Waals surface area (Å²) in [5.41, 5.74) is 0. The van der Waals surface area contributed by atoms with Crippen molar-refractivity contribution in [3.8, 4) is 5.75 Å². The minimum Gasteiger partial charge on any atom is -0.506 e. The Hall–Kier alpha value is -0.490. The van der Waals surface area contributed by atoms with Gasteiger partial charge in [0, 0.05) is 6.07 Å². The molecule has 1 aromatic rings. The number of benzene rings is 1. The predicted octanol–water partition coefficient (Wildman–Crippen LogP) is 1.95. The van der Waals surface area contributed by atoms with Crippen molar-refractivity contribution in [2.75, 3.05) is 0 Å². The Balaban J connectivity index is 3.50. The molecule has 0 aliphatic rings. The van der Waals surface area contributed by atoms with Crippen molar-refractivity contribution in [3.05, 3.63) is 22.2 Å². The summed E-state index contributed by atoms with van der Waals surface area (Å²) >= 11 is 10.9. The van der Waals surface area contributed by atoms with Gasteiger partial charge in [0.15, 0.2) is 0 Å². The minimum absolute atomic E-state index is 0.0857. The molecule has 2 N–H and O–H groups in total. The van der Waals surface area contributed by atoms with Gasteiger partial charge in [0.25, 0.3) is 10.1 Å². The van der Waals surface area contributed by atoms with Gasteiger partial charge in [-0.3, -0.25) is 4.55 Å². The number of hydrogen-bond acceptors (Lipinski definition) is 3. The number of phenolic OH excluding ortho intramolecular Hbond substituents is 1. The Kier molecular flexibility index (Phi) is 2.72. The highest BCUT2D eigenvalue weighted by molar-refractivity contribution is 7.86. The lowest BCUT2D eigenvalue weighted by Gasteiger charge is -2.02. The van der Waals surface area contributed by atoms with Gasteiger partial charge in [0.1, 0.15) is 10.6 Å². The third-order valence-electron chi connectivity index (χ3n) is 1.28. The largest absolute Gasteiger partial charge is 0.506 e. The average Bonchev–Trinajstić information content (AvgIpc) is 1.94. The molecule has 0 bridgehead atoms. The maximum atomic E-state index is 10.6. The molecule has 1 aromatic carbocycles. The summed E-state index contributed by atoms with van der Waals surface area (Å²) in [7, 11) is -4.42. The molecule has 7 heteroatoms. The normalized spacial score (nSPS) is 11.6. The van der Waals surface area contributed by atoms with Crippen LogP contribution in [0.4, 0.5) is 0 Å². The maximum absolute atomic E-state index is 10.6. The second-order valence-corrected chi connectivity index (χ2v) is 4.41. The van der Waals surface area contributed by atoms with Crippen LogP contribution in [0.3, 0.4) is 0 Å². The smallest absolute Gasteiger partial charge is 0.296 e. The zero-order valence-electron chi connectivity index (χ0n) is 6.03. The molecule has 72 valence electrons. The SMILES string of the molecule is O=S(=O)(O)c1cc(O)c(Cl)cc1Cl. The van der Waals surface area contributed by atoms with E-state index in [9.17, 15) is 8.42 Å². The predicted molar refractivity (Wildman–Crippen MR) is 47.9 cm³/mol. The van der Waals surface area contributed by atoms with E-state index in [0.717, 1.165) is 12.1 Å². The highest BCUT2D eigenvalue weighted by Crippen LogP contribution is 2.32. The lowest BCUT2D eigenvalue weighted by Crippen LogP contribution is -1.98. The van der Waals surface area contributed by atoms with Gasteiger partial charge in [-0.25, -0.2) is 0 Å². The first-order valence-electron chi connectivity index (χ1n) is 2.98. The first-order chi connectivity index (χ1) is 5.82. The van der Waals surface area contributed by atoms with Crippen molar-refractivity contribution in [3.63, 3.8) is 0 Å². The minimum atomic E-state index is -4.42. The Bertz CT molecular complexity index is 440. The van der Waals surface area contributed by atoms with E-state index in [1.54, 1.807) is 0 Å². The van der Waals surface area contributed by atoms with E-state index < -0.39 is 20.8 Å². The van der Waals surface area contributed by atoms with Gasteiger partial charge in [0.2, 0.25) is 0 Å². The van der Waals surface area contributed by atoms with E-state index in [0.29, 0.717) is 0 Å². The number of aromatic hydroxyl groups is 1. The Morgan fingerprint density at radius 3 is 2.15 bits per heavy atom. The van der Waals surface area contributed by atoms with Crippen LogP contribution in [0.1, 0.15) is 0 Å². The molecule has 0 saturated heterocycles. The van der Waals surface area contributed by atoms with E-state index in [1.165, 1.54) is 0 Å². The lowest BCUT2D eigenvalue weighted by atomic mass is 10.3. The number of rotatable bonds is 1. The summed E-state index contributed by atoms with van der Waals surface area (Å²) in [5.74, 6) is -0.460. The highest BCUT2D eigenvalue weighted by Gasteiger charge is 2.16. The molecule has 0 aromatic heterocycles. The molecule has 0 radical (unpaired) electrons. The second-order valence-electron chi connectivity index (χ2n) is 2.21. The van der Waals surface area contributed by atoms with E-state index in [2.05, 4.69) is 0 Å². The molecule has 0 aliphatic heterocycles. The zero-order valence-corrected chi connectivity index (χ0v) is 8.36. The van der Waals surface area contributed by atoms with E-state index in [-0.39, 0.29) is 10.0 Å². The molecule has 0 aliphatic carbocycles. The van der Waals surface area contributed by atoms with Crippen LogP contribution in [-0.2, 0) is 10.1 Å². The summed E-state index contributed by atoms with van der Waals surface area (Å²) in [6.45, 7) is 0. The third kappa shape index (κ3) is 2.25. The van der Waals surface area contributed by atoms with E-state index >= 15 is 0 Å². The molecule has 0 atom stereocenters. The molecule has 0 unspecified atom stereocenters. The Labute approximate surface area is 84.5 Å². The molecule has 0 spiro atoms. The van der Waals surface area contributed by atoms with Crippen molar-refractivity contribution >= 4 is 33.3 Å². The van der Waals surface area contributed by atoms with Crippen LogP contribution in [0.2, 0.25) is 10.0 Å².